The molecule has 0 aliphatic rings. The Labute approximate surface area is 179 Å². The number of anilines is 1. The Kier molecular flexibility index (Phi) is 6.97. The highest BCUT2D eigenvalue weighted by Gasteiger charge is 2.14. The highest BCUT2D eigenvalue weighted by atomic mass is 35.5. The first-order valence-electron chi connectivity index (χ1n) is 8.31. The van der Waals surface area contributed by atoms with Gasteiger partial charge >= 0.3 is 0 Å². The average Bonchev–Trinajstić information content (AvgIpc) is 2.67. The highest BCUT2D eigenvalue weighted by Crippen LogP contribution is 2.32. The molecule has 3 aromatic carbocycles. The molecule has 2 nitrogen and oxygen atoms in total. The Bertz CT molecular complexity index is 876. The van der Waals surface area contributed by atoms with Crippen molar-refractivity contribution in [1.29, 1.82) is 0 Å². The molecule has 0 fully saturated rings. The standard InChI is InChI=1S/C21H17Cl3N2S/c22-17-11-19(24)20(12-18(17)23)25-21(27)26(13-15-7-3-1-4-8-15)14-16-9-5-2-6-10-16/h1-12H,13-14H2,(H,25,27). The summed E-state index contributed by atoms with van der Waals surface area (Å²) in [6, 6.07) is 23.7. The number of halogens is 3. The molecule has 27 heavy (non-hydrogen) atoms. The fourth-order valence-electron chi connectivity index (χ4n) is 2.62. The van der Waals surface area contributed by atoms with Gasteiger partial charge in [-0.1, -0.05) is 95.5 Å². The van der Waals surface area contributed by atoms with Crippen LogP contribution in [0.3, 0.4) is 0 Å². The summed E-state index contributed by atoms with van der Waals surface area (Å²) in [7, 11) is 0. The van der Waals surface area contributed by atoms with E-state index in [0.717, 1.165) is 11.1 Å². The van der Waals surface area contributed by atoms with Gasteiger partial charge in [-0.05, 0) is 35.5 Å². The third-order valence-electron chi connectivity index (χ3n) is 3.97. The smallest absolute Gasteiger partial charge is 0.174 e. The maximum atomic E-state index is 6.29. The molecule has 1 N–H and O–H groups in total. The van der Waals surface area contributed by atoms with E-state index in [1.54, 1.807) is 12.1 Å². The Hall–Kier alpha value is -1.78. The molecule has 0 spiro atoms. The Morgan fingerprint density at radius 1 is 0.741 bits per heavy atom. The van der Waals surface area contributed by atoms with Crippen molar-refractivity contribution in [3.8, 4) is 0 Å². The van der Waals surface area contributed by atoms with Gasteiger partial charge in [-0.25, -0.2) is 0 Å². The number of hydrogen-bond acceptors (Lipinski definition) is 1. The zero-order valence-corrected chi connectivity index (χ0v) is 17.4. The minimum Gasteiger partial charge on any atom is -0.340 e. The van der Waals surface area contributed by atoms with E-state index in [4.69, 9.17) is 47.0 Å². The summed E-state index contributed by atoms with van der Waals surface area (Å²) in [5.74, 6) is 0. The molecular weight excluding hydrogens is 419 g/mol. The third kappa shape index (κ3) is 5.60. The van der Waals surface area contributed by atoms with Crippen LogP contribution in [0.1, 0.15) is 11.1 Å². The van der Waals surface area contributed by atoms with E-state index in [1.165, 1.54) is 0 Å². The van der Waals surface area contributed by atoms with Crippen LogP contribution in [0.2, 0.25) is 15.1 Å². The summed E-state index contributed by atoms with van der Waals surface area (Å²) < 4.78 is 0. The van der Waals surface area contributed by atoms with Gasteiger partial charge in [0, 0.05) is 13.1 Å². The van der Waals surface area contributed by atoms with Gasteiger partial charge < -0.3 is 10.2 Å². The van der Waals surface area contributed by atoms with E-state index < -0.39 is 0 Å². The summed E-state index contributed by atoms with van der Waals surface area (Å²) in [4.78, 5) is 2.08. The highest BCUT2D eigenvalue weighted by molar-refractivity contribution is 7.80. The van der Waals surface area contributed by atoms with Gasteiger partial charge in [-0.2, -0.15) is 0 Å². The Morgan fingerprint density at radius 3 is 1.74 bits per heavy atom. The van der Waals surface area contributed by atoms with Gasteiger partial charge in [-0.15, -0.1) is 0 Å². The average molecular weight is 436 g/mol. The SMILES string of the molecule is S=C(Nc1cc(Cl)c(Cl)cc1Cl)N(Cc1ccccc1)Cc1ccccc1. The van der Waals surface area contributed by atoms with Crippen LogP contribution in [-0.4, -0.2) is 10.0 Å². The summed E-state index contributed by atoms with van der Waals surface area (Å²) in [5.41, 5.74) is 2.96. The van der Waals surface area contributed by atoms with E-state index in [9.17, 15) is 0 Å². The number of thiocarbonyl (C=S) groups is 1. The maximum absolute atomic E-state index is 6.29. The topological polar surface area (TPSA) is 15.3 Å². The summed E-state index contributed by atoms with van der Waals surface area (Å²) in [5, 5.41) is 5.05. The van der Waals surface area contributed by atoms with Gasteiger partial charge in [-0.3, -0.25) is 0 Å². The van der Waals surface area contributed by atoms with E-state index in [2.05, 4.69) is 34.5 Å². The maximum Gasteiger partial charge on any atom is 0.174 e. The lowest BCUT2D eigenvalue weighted by atomic mass is 10.2. The van der Waals surface area contributed by atoms with Crippen molar-refractivity contribution in [2.24, 2.45) is 0 Å². The number of benzene rings is 3. The molecule has 0 aliphatic carbocycles. The largest absolute Gasteiger partial charge is 0.340 e. The fraction of sp³-hybridized carbons (Fsp3) is 0.0952. The van der Waals surface area contributed by atoms with Gasteiger partial charge in [0.15, 0.2) is 5.11 Å². The Morgan fingerprint density at radius 2 is 1.22 bits per heavy atom. The molecule has 0 aliphatic heterocycles. The molecule has 3 aromatic rings. The number of nitrogens with zero attached hydrogens (tertiary/aromatic N) is 1. The van der Waals surface area contributed by atoms with Gasteiger partial charge in [0.2, 0.25) is 0 Å². The molecule has 0 unspecified atom stereocenters. The molecule has 0 aromatic heterocycles. The Balaban J connectivity index is 1.82. The number of hydrogen-bond donors (Lipinski definition) is 1. The second-order valence-electron chi connectivity index (χ2n) is 6.00. The van der Waals surface area contributed by atoms with Crippen LogP contribution in [0, 0.1) is 0 Å². The van der Waals surface area contributed by atoms with Crippen LogP contribution in [0.5, 0.6) is 0 Å². The van der Waals surface area contributed by atoms with E-state index in [1.807, 2.05) is 36.4 Å². The van der Waals surface area contributed by atoms with Crippen molar-refractivity contribution >= 4 is 57.8 Å². The van der Waals surface area contributed by atoms with Gasteiger partial charge in [0.1, 0.15) is 0 Å². The lowest BCUT2D eigenvalue weighted by Crippen LogP contribution is -2.33. The molecule has 0 radical (unpaired) electrons. The normalized spacial score (nSPS) is 10.5. The molecule has 0 saturated carbocycles. The second-order valence-corrected chi connectivity index (χ2v) is 7.61. The molecule has 138 valence electrons. The quantitative estimate of drug-likeness (QED) is 0.341. The van der Waals surface area contributed by atoms with Crippen molar-refractivity contribution in [3.05, 3.63) is 99.0 Å². The first-order chi connectivity index (χ1) is 13.0. The van der Waals surface area contributed by atoms with Gasteiger partial charge in [0.05, 0.1) is 20.8 Å². The van der Waals surface area contributed by atoms with Crippen LogP contribution >= 0.6 is 47.0 Å². The van der Waals surface area contributed by atoms with Crippen LogP contribution in [0.4, 0.5) is 5.69 Å². The van der Waals surface area contributed by atoms with E-state index in [0.29, 0.717) is 39.0 Å². The lowest BCUT2D eigenvalue weighted by Gasteiger charge is -2.26. The van der Waals surface area contributed by atoms with Crippen molar-refractivity contribution < 1.29 is 0 Å². The molecule has 0 bridgehead atoms. The van der Waals surface area contributed by atoms with E-state index in [-0.39, 0.29) is 0 Å². The first kappa shape index (κ1) is 20.0. The molecule has 3 rings (SSSR count). The van der Waals surface area contributed by atoms with Gasteiger partial charge in [0.25, 0.3) is 0 Å². The van der Waals surface area contributed by atoms with Crippen LogP contribution in [0.15, 0.2) is 72.8 Å². The van der Waals surface area contributed by atoms with Crippen molar-refractivity contribution in [2.75, 3.05) is 5.32 Å². The minimum atomic E-state index is 0.406. The van der Waals surface area contributed by atoms with Crippen molar-refractivity contribution in [2.45, 2.75) is 13.1 Å². The van der Waals surface area contributed by atoms with E-state index >= 15 is 0 Å². The summed E-state index contributed by atoms with van der Waals surface area (Å²) in [6.07, 6.45) is 0. The molecule has 0 amide bonds. The predicted octanol–water partition coefficient (Wildman–Crippen LogP) is 7.05. The monoisotopic (exact) mass is 434 g/mol. The lowest BCUT2D eigenvalue weighted by molar-refractivity contribution is 0.413. The molecule has 0 heterocycles. The number of rotatable bonds is 5. The predicted molar refractivity (Wildman–Crippen MR) is 120 cm³/mol. The summed E-state index contributed by atoms with van der Waals surface area (Å²) >= 11 is 24.1. The second kappa shape index (κ2) is 9.43. The zero-order valence-electron chi connectivity index (χ0n) is 14.3. The first-order valence-corrected chi connectivity index (χ1v) is 9.85. The molecule has 0 saturated heterocycles. The van der Waals surface area contributed by atoms with Crippen LogP contribution < -0.4 is 5.32 Å². The number of nitrogens with one attached hydrogen (secondary N) is 1. The van der Waals surface area contributed by atoms with Crippen molar-refractivity contribution in [3.63, 3.8) is 0 Å². The zero-order chi connectivity index (χ0) is 19.2. The summed E-state index contributed by atoms with van der Waals surface area (Å²) in [6.45, 7) is 1.33. The molecule has 0 atom stereocenters. The molecule has 6 heteroatoms. The van der Waals surface area contributed by atoms with Crippen LogP contribution in [-0.2, 0) is 13.1 Å². The van der Waals surface area contributed by atoms with Crippen LogP contribution in [0.25, 0.3) is 0 Å². The third-order valence-corrected chi connectivity index (χ3v) is 5.37. The minimum absolute atomic E-state index is 0.406. The molecular formula is C21H17Cl3N2S. The fourth-order valence-corrected chi connectivity index (χ4v) is 3.45. The van der Waals surface area contributed by atoms with Crippen molar-refractivity contribution in [1.82, 2.24) is 4.90 Å².